The molecule has 0 heterocycles. The van der Waals surface area contributed by atoms with Gasteiger partial charge in [-0.1, -0.05) is 12.1 Å². The van der Waals surface area contributed by atoms with Crippen LogP contribution in [0.4, 0.5) is 0 Å². The molecule has 84 valence electrons. The van der Waals surface area contributed by atoms with Crippen LogP contribution in [0.2, 0.25) is 0 Å². The maximum absolute atomic E-state index is 5.59. The van der Waals surface area contributed by atoms with Gasteiger partial charge in [-0.2, -0.15) is 0 Å². The van der Waals surface area contributed by atoms with E-state index in [2.05, 4.69) is 0 Å². The first-order valence-electron chi connectivity index (χ1n) is 4.80. The number of hydrogen-bond acceptors (Lipinski definition) is 4. The Morgan fingerprint density at radius 2 is 1.87 bits per heavy atom. The van der Waals surface area contributed by atoms with Gasteiger partial charge < -0.3 is 9.47 Å². The summed E-state index contributed by atoms with van der Waals surface area (Å²) in [6.45, 7) is 0.656. The third-order valence-corrected chi connectivity index (χ3v) is 2.23. The van der Waals surface area contributed by atoms with Gasteiger partial charge in [-0.15, -0.1) is 0 Å². The van der Waals surface area contributed by atoms with Crippen LogP contribution in [0.1, 0.15) is 11.7 Å². The van der Waals surface area contributed by atoms with Crippen LogP contribution < -0.4 is 10.6 Å². The minimum atomic E-state index is -0.00842. The van der Waals surface area contributed by atoms with Gasteiger partial charge in [-0.05, 0) is 17.7 Å². The highest BCUT2D eigenvalue weighted by Gasteiger charge is 2.11. The molecule has 0 saturated heterocycles. The Morgan fingerprint density at radius 3 is 2.27 bits per heavy atom. The standard InChI is InChI=1S/C11H18N2O2/c1-13(12)8-11(15-3)9-4-6-10(14-2)7-5-9/h4-7,11H,8,12H2,1-3H3. The van der Waals surface area contributed by atoms with Crippen molar-refractivity contribution >= 4 is 0 Å². The fourth-order valence-corrected chi connectivity index (χ4v) is 1.40. The zero-order chi connectivity index (χ0) is 11.3. The first-order chi connectivity index (χ1) is 7.17. The number of ether oxygens (including phenoxy) is 2. The molecule has 0 fully saturated rings. The van der Waals surface area contributed by atoms with Gasteiger partial charge in [-0.3, -0.25) is 5.84 Å². The third kappa shape index (κ3) is 3.51. The first kappa shape index (κ1) is 12.0. The molecule has 0 aliphatic heterocycles. The second kappa shape index (κ2) is 5.70. The highest BCUT2D eigenvalue weighted by atomic mass is 16.5. The number of nitrogens with two attached hydrogens (primary N) is 1. The van der Waals surface area contributed by atoms with Crippen molar-refractivity contribution in [3.05, 3.63) is 29.8 Å². The average molecular weight is 210 g/mol. The van der Waals surface area contributed by atoms with E-state index in [1.807, 2.05) is 31.3 Å². The van der Waals surface area contributed by atoms with Crippen molar-refractivity contribution in [2.24, 2.45) is 5.84 Å². The number of likely N-dealkylation sites (N-methyl/N-ethyl adjacent to an activating group) is 1. The van der Waals surface area contributed by atoms with Gasteiger partial charge >= 0.3 is 0 Å². The predicted molar refractivity (Wildman–Crippen MR) is 59.6 cm³/mol. The predicted octanol–water partition coefficient (Wildman–Crippen LogP) is 1.19. The van der Waals surface area contributed by atoms with Gasteiger partial charge in [0.05, 0.1) is 13.2 Å². The van der Waals surface area contributed by atoms with Crippen LogP contribution in [0.3, 0.4) is 0 Å². The lowest BCUT2D eigenvalue weighted by atomic mass is 10.1. The molecule has 4 nitrogen and oxygen atoms in total. The lowest BCUT2D eigenvalue weighted by Gasteiger charge is -2.19. The number of methoxy groups -OCH3 is 2. The molecule has 0 spiro atoms. The van der Waals surface area contributed by atoms with E-state index >= 15 is 0 Å². The Kier molecular flexibility index (Phi) is 4.55. The molecule has 1 unspecified atom stereocenters. The van der Waals surface area contributed by atoms with Gasteiger partial charge in [0.25, 0.3) is 0 Å². The van der Waals surface area contributed by atoms with E-state index in [-0.39, 0.29) is 6.10 Å². The Balaban J connectivity index is 2.74. The molecule has 0 saturated carbocycles. The van der Waals surface area contributed by atoms with E-state index in [0.717, 1.165) is 11.3 Å². The quantitative estimate of drug-likeness (QED) is 0.586. The Hall–Kier alpha value is -1.10. The van der Waals surface area contributed by atoms with Gasteiger partial charge in [0.1, 0.15) is 5.75 Å². The number of nitrogens with zero attached hydrogens (tertiary/aromatic N) is 1. The summed E-state index contributed by atoms with van der Waals surface area (Å²) < 4.78 is 10.4. The van der Waals surface area contributed by atoms with Crippen molar-refractivity contribution in [2.75, 3.05) is 27.8 Å². The van der Waals surface area contributed by atoms with Crippen molar-refractivity contribution in [1.29, 1.82) is 0 Å². The fraction of sp³-hybridized carbons (Fsp3) is 0.455. The lowest BCUT2D eigenvalue weighted by Crippen LogP contribution is -2.31. The molecule has 1 rings (SSSR count). The van der Waals surface area contributed by atoms with E-state index in [1.165, 1.54) is 0 Å². The van der Waals surface area contributed by atoms with Crippen molar-refractivity contribution in [1.82, 2.24) is 5.01 Å². The first-order valence-corrected chi connectivity index (χ1v) is 4.80. The molecule has 0 radical (unpaired) electrons. The minimum absolute atomic E-state index is 0.00842. The molecular weight excluding hydrogens is 192 g/mol. The summed E-state index contributed by atoms with van der Waals surface area (Å²) in [5.41, 5.74) is 1.09. The maximum Gasteiger partial charge on any atom is 0.118 e. The Labute approximate surface area is 90.6 Å². The monoisotopic (exact) mass is 210 g/mol. The summed E-state index contributed by atoms with van der Waals surface area (Å²) in [6, 6.07) is 7.79. The van der Waals surface area contributed by atoms with Crippen LogP contribution in [0.5, 0.6) is 5.75 Å². The summed E-state index contributed by atoms with van der Waals surface area (Å²) in [5, 5.41) is 1.61. The van der Waals surface area contributed by atoms with Crippen LogP contribution in [0.15, 0.2) is 24.3 Å². The maximum atomic E-state index is 5.59. The molecule has 0 aromatic heterocycles. The molecule has 2 N–H and O–H groups in total. The van der Waals surface area contributed by atoms with E-state index in [0.29, 0.717) is 6.54 Å². The van der Waals surface area contributed by atoms with Crippen molar-refractivity contribution in [3.8, 4) is 5.75 Å². The zero-order valence-corrected chi connectivity index (χ0v) is 9.43. The van der Waals surface area contributed by atoms with Crippen molar-refractivity contribution in [2.45, 2.75) is 6.10 Å². The molecule has 0 aliphatic carbocycles. The number of hydrazine groups is 1. The number of hydrogen-bond donors (Lipinski definition) is 1. The lowest BCUT2D eigenvalue weighted by molar-refractivity contribution is 0.0717. The second-order valence-electron chi connectivity index (χ2n) is 3.44. The summed E-state index contributed by atoms with van der Waals surface area (Å²) in [5.74, 6) is 6.43. The second-order valence-corrected chi connectivity index (χ2v) is 3.44. The smallest absolute Gasteiger partial charge is 0.118 e. The van der Waals surface area contributed by atoms with E-state index in [4.69, 9.17) is 15.3 Å². The topological polar surface area (TPSA) is 47.7 Å². The van der Waals surface area contributed by atoms with Gasteiger partial charge in [0.15, 0.2) is 0 Å². The summed E-state index contributed by atoms with van der Waals surface area (Å²) in [4.78, 5) is 0. The normalized spacial score (nSPS) is 12.9. The van der Waals surface area contributed by atoms with Crippen LogP contribution in [0, 0.1) is 0 Å². The zero-order valence-electron chi connectivity index (χ0n) is 9.43. The molecule has 0 bridgehead atoms. The van der Waals surface area contributed by atoms with E-state index in [9.17, 15) is 0 Å². The van der Waals surface area contributed by atoms with Crippen LogP contribution in [-0.4, -0.2) is 32.8 Å². The van der Waals surface area contributed by atoms with Gasteiger partial charge in [-0.25, -0.2) is 5.01 Å². The molecule has 1 aromatic rings. The van der Waals surface area contributed by atoms with E-state index < -0.39 is 0 Å². The number of rotatable bonds is 5. The van der Waals surface area contributed by atoms with Crippen molar-refractivity contribution in [3.63, 3.8) is 0 Å². The van der Waals surface area contributed by atoms with Gasteiger partial charge in [0.2, 0.25) is 0 Å². The van der Waals surface area contributed by atoms with Crippen molar-refractivity contribution < 1.29 is 9.47 Å². The van der Waals surface area contributed by atoms with Gasteiger partial charge in [0, 0.05) is 20.7 Å². The molecule has 0 aliphatic rings. The van der Waals surface area contributed by atoms with Crippen LogP contribution in [0.25, 0.3) is 0 Å². The fourth-order valence-electron chi connectivity index (χ4n) is 1.40. The van der Waals surface area contributed by atoms with Crippen LogP contribution >= 0.6 is 0 Å². The summed E-state index contributed by atoms with van der Waals surface area (Å²) in [6.07, 6.45) is -0.00842. The Morgan fingerprint density at radius 1 is 1.27 bits per heavy atom. The highest BCUT2D eigenvalue weighted by Crippen LogP contribution is 2.20. The highest BCUT2D eigenvalue weighted by molar-refractivity contribution is 5.28. The minimum Gasteiger partial charge on any atom is -0.497 e. The largest absolute Gasteiger partial charge is 0.497 e. The van der Waals surface area contributed by atoms with E-state index in [1.54, 1.807) is 19.2 Å². The summed E-state index contributed by atoms with van der Waals surface area (Å²) >= 11 is 0. The average Bonchev–Trinajstić information content (AvgIpc) is 2.26. The molecule has 4 heteroatoms. The number of benzene rings is 1. The summed E-state index contributed by atoms with van der Waals surface area (Å²) in [7, 11) is 5.14. The Bertz CT molecular complexity index is 285. The molecule has 0 amide bonds. The molecule has 1 aromatic carbocycles. The SMILES string of the molecule is COc1ccc(C(CN(C)N)OC)cc1. The van der Waals surface area contributed by atoms with Crippen LogP contribution in [-0.2, 0) is 4.74 Å². The third-order valence-electron chi connectivity index (χ3n) is 2.23. The molecule has 1 atom stereocenters. The molecular formula is C11H18N2O2. The molecule has 15 heavy (non-hydrogen) atoms.